The molecule has 0 spiro atoms. The van der Waals surface area contributed by atoms with E-state index in [2.05, 4.69) is 10.5 Å². The van der Waals surface area contributed by atoms with E-state index in [0.29, 0.717) is 36.6 Å². The number of aryl methyl sites for hydroxylation is 3. The number of amides is 1. The summed E-state index contributed by atoms with van der Waals surface area (Å²) < 4.78 is 23.7. The molecule has 1 aromatic heterocycles. The molecule has 2 aromatic carbocycles. The number of carbonyl (C=O) groups excluding carboxylic acids is 1. The molecule has 0 aliphatic rings. The Morgan fingerprint density at radius 1 is 1.15 bits per heavy atom. The van der Waals surface area contributed by atoms with Crippen LogP contribution in [-0.2, 0) is 12.8 Å². The van der Waals surface area contributed by atoms with E-state index in [1.807, 2.05) is 13.0 Å². The topological polar surface area (TPSA) is 64.4 Å². The summed E-state index contributed by atoms with van der Waals surface area (Å²) in [6, 6.07) is 13.4. The minimum Gasteiger partial charge on any atom is -0.494 e. The lowest BCUT2D eigenvalue weighted by molar-refractivity contribution is 0.102. The number of carbonyl (C=O) groups is 1. The van der Waals surface area contributed by atoms with Crippen LogP contribution in [0.3, 0.4) is 0 Å². The van der Waals surface area contributed by atoms with E-state index in [4.69, 9.17) is 9.26 Å². The van der Waals surface area contributed by atoms with Crippen LogP contribution in [0.25, 0.3) is 0 Å². The fourth-order valence-corrected chi connectivity index (χ4v) is 2.76. The molecule has 0 saturated carbocycles. The largest absolute Gasteiger partial charge is 0.494 e. The van der Waals surface area contributed by atoms with Crippen LogP contribution < -0.4 is 10.1 Å². The first-order valence-corrected chi connectivity index (χ1v) is 8.80. The minimum atomic E-state index is -0.269. The molecule has 0 fully saturated rings. The summed E-state index contributed by atoms with van der Waals surface area (Å²) in [4.78, 5) is 12.5. The number of benzene rings is 2. The predicted octanol–water partition coefficient (Wildman–Crippen LogP) is 4.56. The third-order valence-corrected chi connectivity index (χ3v) is 4.09. The van der Waals surface area contributed by atoms with Crippen molar-refractivity contribution in [2.24, 2.45) is 0 Å². The summed E-state index contributed by atoms with van der Waals surface area (Å²) in [5.74, 6) is 1.22. The normalized spacial score (nSPS) is 10.6. The van der Waals surface area contributed by atoms with Gasteiger partial charge in [-0.05, 0) is 68.1 Å². The van der Waals surface area contributed by atoms with Crippen LogP contribution in [0.5, 0.6) is 5.75 Å². The van der Waals surface area contributed by atoms with Gasteiger partial charge in [-0.1, -0.05) is 17.3 Å². The van der Waals surface area contributed by atoms with Crippen LogP contribution in [0, 0.1) is 12.7 Å². The van der Waals surface area contributed by atoms with Gasteiger partial charge in [0, 0.05) is 11.6 Å². The standard InChI is InChI=1S/C21H21FN2O3/c1-3-26-19-11-8-17(21(25)23-20-12-14(2)27-24-20)13-16(19)7-4-15-5-9-18(22)10-6-15/h5-6,8-13H,3-4,7H2,1-2H3,(H,23,24,25). The molecule has 5 nitrogen and oxygen atoms in total. The van der Waals surface area contributed by atoms with Crippen molar-refractivity contribution in [2.45, 2.75) is 26.7 Å². The fraction of sp³-hybridized carbons (Fsp3) is 0.238. The first-order chi connectivity index (χ1) is 13.0. The van der Waals surface area contributed by atoms with Gasteiger partial charge in [-0.25, -0.2) is 4.39 Å². The fourth-order valence-electron chi connectivity index (χ4n) is 2.76. The maximum atomic E-state index is 13.1. The number of nitrogens with zero attached hydrogens (tertiary/aromatic N) is 1. The van der Waals surface area contributed by atoms with Gasteiger partial charge in [0.25, 0.3) is 5.91 Å². The van der Waals surface area contributed by atoms with Crippen LogP contribution in [0.2, 0.25) is 0 Å². The minimum absolute atomic E-state index is 0.254. The first-order valence-electron chi connectivity index (χ1n) is 8.80. The molecule has 0 aliphatic heterocycles. The summed E-state index contributed by atoms with van der Waals surface area (Å²) in [5, 5.41) is 6.48. The van der Waals surface area contributed by atoms with E-state index >= 15 is 0 Å². The monoisotopic (exact) mass is 368 g/mol. The second kappa shape index (κ2) is 8.49. The lowest BCUT2D eigenvalue weighted by atomic mass is 10.0. The Morgan fingerprint density at radius 2 is 1.93 bits per heavy atom. The molecule has 1 amide bonds. The number of hydrogen-bond acceptors (Lipinski definition) is 4. The Labute approximate surface area is 157 Å². The third-order valence-electron chi connectivity index (χ3n) is 4.09. The molecule has 27 heavy (non-hydrogen) atoms. The highest BCUT2D eigenvalue weighted by atomic mass is 19.1. The Balaban J connectivity index is 1.76. The molecule has 1 N–H and O–H groups in total. The molecule has 0 saturated heterocycles. The third kappa shape index (κ3) is 4.94. The van der Waals surface area contributed by atoms with Gasteiger partial charge >= 0.3 is 0 Å². The Bertz CT molecular complexity index is 919. The van der Waals surface area contributed by atoms with E-state index in [1.54, 1.807) is 37.3 Å². The zero-order valence-corrected chi connectivity index (χ0v) is 15.3. The molecule has 0 bridgehead atoms. The van der Waals surface area contributed by atoms with Crippen LogP contribution in [-0.4, -0.2) is 17.7 Å². The Kier molecular flexibility index (Phi) is 5.86. The smallest absolute Gasteiger partial charge is 0.256 e. The quantitative estimate of drug-likeness (QED) is 0.664. The van der Waals surface area contributed by atoms with Gasteiger partial charge < -0.3 is 14.6 Å². The summed E-state index contributed by atoms with van der Waals surface area (Å²) in [6.45, 7) is 4.21. The maximum absolute atomic E-state index is 13.1. The van der Waals surface area contributed by atoms with Crippen molar-refractivity contribution < 1.29 is 18.4 Å². The summed E-state index contributed by atoms with van der Waals surface area (Å²) in [6.07, 6.45) is 1.39. The molecular formula is C21H21FN2O3. The SMILES string of the molecule is CCOc1ccc(C(=O)Nc2cc(C)on2)cc1CCc1ccc(F)cc1. The van der Waals surface area contributed by atoms with Gasteiger partial charge in [0.05, 0.1) is 6.61 Å². The van der Waals surface area contributed by atoms with Gasteiger partial charge in [-0.15, -0.1) is 0 Å². The van der Waals surface area contributed by atoms with E-state index in [-0.39, 0.29) is 11.7 Å². The highest BCUT2D eigenvalue weighted by Crippen LogP contribution is 2.23. The molecule has 6 heteroatoms. The molecule has 3 aromatic rings. The highest BCUT2D eigenvalue weighted by Gasteiger charge is 2.13. The van der Waals surface area contributed by atoms with Gasteiger partial charge in [0.1, 0.15) is 17.3 Å². The molecule has 1 heterocycles. The molecule has 140 valence electrons. The van der Waals surface area contributed by atoms with Crippen LogP contribution >= 0.6 is 0 Å². The lowest BCUT2D eigenvalue weighted by Gasteiger charge is -2.12. The van der Waals surface area contributed by atoms with Gasteiger partial charge in [0.2, 0.25) is 0 Å². The Hall–Kier alpha value is -3.15. The average Bonchev–Trinajstić information content (AvgIpc) is 3.07. The zero-order valence-electron chi connectivity index (χ0n) is 15.3. The number of halogens is 1. The molecule has 0 aliphatic carbocycles. The number of anilines is 1. The van der Waals surface area contributed by atoms with Crippen molar-refractivity contribution >= 4 is 11.7 Å². The van der Waals surface area contributed by atoms with Crippen LogP contribution in [0.15, 0.2) is 53.1 Å². The van der Waals surface area contributed by atoms with E-state index < -0.39 is 0 Å². The van der Waals surface area contributed by atoms with Gasteiger partial charge in [-0.2, -0.15) is 0 Å². The second-order valence-electron chi connectivity index (χ2n) is 6.16. The molecular weight excluding hydrogens is 347 g/mol. The van der Waals surface area contributed by atoms with Crippen molar-refractivity contribution in [2.75, 3.05) is 11.9 Å². The van der Waals surface area contributed by atoms with Crippen molar-refractivity contribution in [1.29, 1.82) is 0 Å². The number of rotatable bonds is 7. The molecule has 0 unspecified atom stereocenters. The molecule has 3 rings (SSSR count). The first kappa shape index (κ1) is 18.6. The summed E-state index contributed by atoms with van der Waals surface area (Å²) in [7, 11) is 0. The van der Waals surface area contributed by atoms with Gasteiger partial charge in [0.15, 0.2) is 5.82 Å². The van der Waals surface area contributed by atoms with Crippen molar-refractivity contribution in [3.63, 3.8) is 0 Å². The van der Waals surface area contributed by atoms with Crippen LogP contribution in [0.1, 0.15) is 34.2 Å². The zero-order chi connectivity index (χ0) is 19.2. The molecule has 0 atom stereocenters. The van der Waals surface area contributed by atoms with E-state index in [9.17, 15) is 9.18 Å². The Morgan fingerprint density at radius 3 is 2.59 bits per heavy atom. The van der Waals surface area contributed by atoms with Crippen molar-refractivity contribution in [1.82, 2.24) is 5.16 Å². The summed E-state index contributed by atoms with van der Waals surface area (Å²) in [5.41, 5.74) is 2.45. The van der Waals surface area contributed by atoms with Crippen molar-refractivity contribution in [3.05, 3.63) is 76.8 Å². The number of hydrogen-bond donors (Lipinski definition) is 1. The lowest BCUT2D eigenvalue weighted by Crippen LogP contribution is -2.13. The highest BCUT2D eigenvalue weighted by molar-refractivity contribution is 6.04. The number of aromatic nitrogens is 1. The number of ether oxygens (including phenoxy) is 1. The van der Waals surface area contributed by atoms with E-state index in [0.717, 1.165) is 16.9 Å². The van der Waals surface area contributed by atoms with Gasteiger partial charge in [-0.3, -0.25) is 4.79 Å². The second-order valence-corrected chi connectivity index (χ2v) is 6.16. The van der Waals surface area contributed by atoms with Crippen LogP contribution in [0.4, 0.5) is 10.2 Å². The van der Waals surface area contributed by atoms with Crippen molar-refractivity contribution in [3.8, 4) is 5.75 Å². The predicted molar refractivity (Wildman–Crippen MR) is 101 cm³/mol. The maximum Gasteiger partial charge on any atom is 0.256 e. The number of nitrogens with one attached hydrogen (secondary N) is 1. The van der Waals surface area contributed by atoms with E-state index in [1.165, 1.54) is 12.1 Å². The average molecular weight is 368 g/mol. The molecule has 0 radical (unpaired) electrons. The summed E-state index contributed by atoms with van der Waals surface area (Å²) >= 11 is 0.